The highest BCUT2D eigenvalue weighted by Gasteiger charge is 2.10. The van der Waals surface area contributed by atoms with Crippen LogP contribution < -0.4 is 10.6 Å². The number of hydrogen-bond acceptors (Lipinski definition) is 3. The van der Waals surface area contributed by atoms with E-state index in [0.717, 1.165) is 38.6 Å². The first-order valence-electron chi connectivity index (χ1n) is 7.80. The van der Waals surface area contributed by atoms with Crippen LogP contribution in [0.2, 0.25) is 0 Å². The van der Waals surface area contributed by atoms with Crippen LogP contribution in [0.25, 0.3) is 0 Å². The Balaban J connectivity index is 2.21. The Morgan fingerprint density at radius 2 is 2.10 bits per heavy atom. The number of nitrogens with one attached hydrogen (secondary N) is 2. The topological polar surface area (TPSA) is 42.9 Å². The van der Waals surface area contributed by atoms with E-state index < -0.39 is 0 Å². The number of nitrogens with zero attached hydrogens (tertiary/aromatic N) is 3. The van der Waals surface area contributed by atoms with Gasteiger partial charge >= 0.3 is 0 Å². The lowest BCUT2D eigenvalue weighted by Crippen LogP contribution is -2.37. The predicted octanol–water partition coefficient (Wildman–Crippen LogP) is 0.755. The molecule has 0 spiro atoms. The summed E-state index contributed by atoms with van der Waals surface area (Å²) in [5.41, 5.74) is 0. The molecule has 0 aromatic rings. The minimum atomic E-state index is 0.754. The van der Waals surface area contributed by atoms with Crippen molar-refractivity contribution in [1.29, 1.82) is 0 Å². The summed E-state index contributed by atoms with van der Waals surface area (Å²) in [6.07, 6.45) is 4.25. The zero-order valence-corrected chi connectivity index (χ0v) is 13.2. The van der Waals surface area contributed by atoms with Gasteiger partial charge in [-0.25, -0.2) is 0 Å². The molecule has 20 heavy (non-hydrogen) atoms. The van der Waals surface area contributed by atoms with Crippen molar-refractivity contribution in [1.82, 2.24) is 20.4 Å². The SMILES string of the molecule is C=CCNC(=NCCCN1CCCN(C)CC1)NCC. The lowest BCUT2D eigenvalue weighted by Gasteiger charge is -2.19. The summed E-state index contributed by atoms with van der Waals surface area (Å²) >= 11 is 0. The molecule has 1 aliphatic heterocycles. The van der Waals surface area contributed by atoms with Gasteiger partial charge in [-0.15, -0.1) is 6.58 Å². The monoisotopic (exact) mass is 281 g/mol. The molecule has 0 aliphatic carbocycles. The smallest absolute Gasteiger partial charge is 0.191 e. The fourth-order valence-electron chi connectivity index (χ4n) is 2.32. The van der Waals surface area contributed by atoms with Crippen molar-refractivity contribution in [2.45, 2.75) is 19.8 Å². The molecule has 0 atom stereocenters. The van der Waals surface area contributed by atoms with Gasteiger partial charge in [0.2, 0.25) is 0 Å². The van der Waals surface area contributed by atoms with Gasteiger partial charge in [-0.05, 0) is 46.4 Å². The average molecular weight is 281 g/mol. The van der Waals surface area contributed by atoms with E-state index in [4.69, 9.17) is 0 Å². The van der Waals surface area contributed by atoms with E-state index >= 15 is 0 Å². The molecule has 1 aliphatic rings. The van der Waals surface area contributed by atoms with Gasteiger partial charge in [-0.3, -0.25) is 4.99 Å². The maximum atomic E-state index is 4.58. The first-order valence-corrected chi connectivity index (χ1v) is 7.80. The van der Waals surface area contributed by atoms with Crippen LogP contribution >= 0.6 is 0 Å². The van der Waals surface area contributed by atoms with Crippen LogP contribution in [-0.4, -0.2) is 75.2 Å². The second-order valence-electron chi connectivity index (χ2n) is 5.28. The van der Waals surface area contributed by atoms with Gasteiger partial charge in [0.25, 0.3) is 0 Å². The molecule has 0 unspecified atom stereocenters. The molecule has 1 rings (SSSR count). The summed E-state index contributed by atoms with van der Waals surface area (Å²) in [4.78, 5) is 9.56. The standard InChI is InChI=1S/C15H31N5/c1-4-8-17-15(16-5-2)18-9-6-11-20-12-7-10-19(3)13-14-20/h4H,1,5-14H2,2-3H3,(H2,16,17,18). The molecule has 5 nitrogen and oxygen atoms in total. The van der Waals surface area contributed by atoms with Gasteiger partial charge in [0.05, 0.1) is 0 Å². The van der Waals surface area contributed by atoms with Crippen LogP contribution in [0.3, 0.4) is 0 Å². The highest BCUT2D eigenvalue weighted by Crippen LogP contribution is 2.01. The van der Waals surface area contributed by atoms with Gasteiger partial charge in [0.15, 0.2) is 5.96 Å². The van der Waals surface area contributed by atoms with Crippen molar-refractivity contribution in [3.8, 4) is 0 Å². The van der Waals surface area contributed by atoms with Gasteiger partial charge in [-0.2, -0.15) is 0 Å². The van der Waals surface area contributed by atoms with Crippen molar-refractivity contribution in [2.24, 2.45) is 4.99 Å². The first-order chi connectivity index (χ1) is 9.76. The normalized spacial score (nSPS) is 18.6. The summed E-state index contributed by atoms with van der Waals surface area (Å²) in [5, 5.41) is 6.47. The Kier molecular flexibility index (Phi) is 9.07. The van der Waals surface area contributed by atoms with Gasteiger partial charge < -0.3 is 20.4 Å². The van der Waals surface area contributed by atoms with Crippen molar-refractivity contribution in [3.63, 3.8) is 0 Å². The number of guanidine groups is 1. The third-order valence-electron chi connectivity index (χ3n) is 3.47. The molecule has 0 aromatic carbocycles. The fourth-order valence-corrected chi connectivity index (χ4v) is 2.32. The summed E-state index contributed by atoms with van der Waals surface area (Å²) in [5.74, 6) is 0.892. The molecule has 0 saturated carbocycles. The third kappa shape index (κ3) is 7.50. The van der Waals surface area contributed by atoms with Crippen LogP contribution in [0.1, 0.15) is 19.8 Å². The second-order valence-corrected chi connectivity index (χ2v) is 5.28. The quantitative estimate of drug-likeness (QED) is 0.313. The number of aliphatic imine (C=N–C) groups is 1. The van der Waals surface area contributed by atoms with E-state index in [9.17, 15) is 0 Å². The first kappa shape index (κ1) is 17.0. The van der Waals surface area contributed by atoms with Crippen molar-refractivity contribution in [2.75, 3.05) is 59.4 Å². The van der Waals surface area contributed by atoms with E-state index in [1.54, 1.807) is 0 Å². The molecule has 0 bridgehead atoms. The minimum absolute atomic E-state index is 0.754. The molecular formula is C15H31N5. The largest absolute Gasteiger partial charge is 0.357 e. The molecule has 1 heterocycles. The third-order valence-corrected chi connectivity index (χ3v) is 3.47. The number of rotatable bonds is 7. The molecular weight excluding hydrogens is 250 g/mol. The molecule has 0 radical (unpaired) electrons. The van der Waals surface area contributed by atoms with Gasteiger partial charge in [0.1, 0.15) is 0 Å². The molecule has 0 aromatic heterocycles. The van der Waals surface area contributed by atoms with Crippen LogP contribution in [-0.2, 0) is 0 Å². The van der Waals surface area contributed by atoms with E-state index in [1.807, 2.05) is 6.08 Å². The zero-order valence-electron chi connectivity index (χ0n) is 13.2. The minimum Gasteiger partial charge on any atom is -0.357 e. The maximum Gasteiger partial charge on any atom is 0.191 e. The second kappa shape index (κ2) is 10.7. The molecule has 1 fully saturated rings. The Morgan fingerprint density at radius 1 is 1.25 bits per heavy atom. The van der Waals surface area contributed by atoms with Crippen LogP contribution in [0.4, 0.5) is 0 Å². The van der Waals surface area contributed by atoms with Crippen LogP contribution in [0, 0.1) is 0 Å². The van der Waals surface area contributed by atoms with Crippen molar-refractivity contribution >= 4 is 5.96 Å². The lowest BCUT2D eigenvalue weighted by atomic mass is 10.3. The summed E-state index contributed by atoms with van der Waals surface area (Å²) in [6, 6.07) is 0. The predicted molar refractivity (Wildman–Crippen MR) is 87.3 cm³/mol. The highest BCUT2D eigenvalue weighted by molar-refractivity contribution is 5.79. The van der Waals surface area contributed by atoms with E-state index in [2.05, 4.69) is 46.0 Å². The zero-order chi connectivity index (χ0) is 14.6. The Bertz CT molecular complexity index is 290. The molecule has 2 N–H and O–H groups in total. The lowest BCUT2D eigenvalue weighted by molar-refractivity contribution is 0.275. The number of hydrogen-bond donors (Lipinski definition) is 2. The van der Waals surface area contributed by atoms with Crippen molar-refractivity contribution in [3.05, 3.63) is 12.7 Å². The van der Waals surface area contributed by atoms with E-state index in [-0.39, 0.29) is 0 Å². The molecule has 5 heteroatoms. The number of likely N-dealkylation sites (N-methyl/N-ethyl adjacent to an activating group) is 1. The summed E-state index contributed by atoms with van der Waals surface area (Å²) in [6.45, 7) is 14.3. The van der Waals surface area contributed by atoms with Crippen LogP contribution in [0.15, 0.2) is 17.6 Å². The van der Waals surface area contributed by atoms with Crippen LogP contribution in [0.5, 0.6) is 0 Å². The molecule has 1 saturated heterocycles. The highest BCUT2D eigenvalue weighted by atomic mass is 15.2. The van der Waals surface area contributed by atoms with Gasteiger partial charge in [-0.1, -0.05) is 6.08 Å². The molecule has 0 amide bonds. The van der Waals surface area contributed by atoms with Crippen molar-refractivity contribution < 1.29 is 0 Å². The van der Waals surface area contributed by atoms with Gasteiger partial charge in [0, 0.05) is 32.7 Å². The summed E-state index contributed by atoms with van der Waals surface area (Å²) < 4.78 is 0. The maximum absolute atomic E-state index is 4.58. The Labute approximate surface area is 124 Å². The van der Waals surface area contributed by atoms with E-state index in [1.165, 1.54) is 32.6 Å². The fraction of sp³-hybridized carbons (Fsp3) is 0.800. The van der Waals surface area contributed by atoms with E-state index in [0.29, 0.717) is 0 Å². The summed E-state index contributed by atoms with van der Waals surface area (Å²) in [7, 11) is 2.21. The Morgan fingerprint density at radius 3 is 2.85 bits per heavy atom. The molecule has 116 valence electrons. The Hall–Kier alpha value is -1.07. The average Bonchev–Trinajstić information content (AvgIpc) is 2.65.